The van der Waals surface area contributed by atoms with E-state index in [9.17, 15) is 4.79 Å². The Morgan fingerprint density at radius 3 is 2.69 bits per heavy atom. The highest BCUT2D eigenvalue weighted by Gasteiger charge is 2.35. The van der Waals surface area contributed by atoms with Crippen molar-refractivity contribution in [3.05, 3.63) is 64.9 Å². The summed E-state index contributed by atoms with van der Waals surface area (Å²) in [5.74, 6) is 2.47. The summed E-state index contributed by atoms with van der Waals surface area (Å²) in [6.07, 6.45) is 0.00184. The number of methoxy groups -OCH3 is 1. The van der Waals surface area contributed by atoms with E-state index in [-0.39, 0.29) is 12.0 Å². The van der Waals surface area contributed by atoms with Crippen molar-refractivity contribution >= 4 is 29.3 Å². The van der Waals surface area contributed by atoms with Crippen molar-refractivity contribution in [2.24, 2.45) is 0 Å². The fraction of sp³-hybridized carbons (Fsp3) is 0.346. The lowest BCUT2D eigenvalue weighted by molar-refractivity contribution is -0.113. The Kier molecular flexibility index (Phi) is 7.35. The molecule has 1 unspecified atom stereocenters. The Balaban J connectivity index is 1.80. The minimum Gasteiger partial charge on any atom is -0.493 e. The lowest BCUT2D eigenvalue weighted by Gasteiger charge is -2.29. The molecule has 1 aromatic heterocycles. The van der Waals surface area contributed by atoms with Gasteiger partial charge in [0.2, 0.25) is 11.1 Å². The van der Waals surface area contributed by atoms with Crippen LogP contribution < -0.4 is 20.1 Å². The number of amides is 1. The summed E-state index contributed by atoms with van der Waals surface area (Å²) in [6.45, 7) is 9.87. The van der Waals surface area contributed by atoms with Gasteiger partial charge in [-0.1, -0.05) is 36.9 Å². The zero-order chi connectivity index (χ0) is 25.1. The topological polar surface area (TPSA) is 90.3 Å². The predicted molar refractivity (Wildman–Crippen MR) is 139 cm³/mol. The van der Waals surface area contributed by atoms with Crippen LogP contribution in [0, 0.1) is 6.92 Å². The maximum Gasteiger partial charge on any atom is 0.255 e. The van der Waals surface area contributed by atoms with E-state index in [4.69, 9.17) is 14.6 Å². The molecule has 1 aliphatic heterocycles. The molecular formula is C26H31N5O3S. The van der Waals surface area contributed by atoms with Crippen LogP contribution in [0.1, 0.15) is 44.9 Å². The van der Waals surface area contributed by atoms with E-state index in [1.54, 1.807) is 23.6 Å². The molecule has 2 aromatic carbocycles. The highest BCUT2D eigenvalue weighted by atomic mass is 32.2. The number of nitrogens with zero attached hydrogens (tertiary/aromatic N) is 3. The van der Waals surface area contributed by atoms with Crippen molar-refractivity contribution in [2.75, 3.05) is 23.5 Å². The molecule has 0 saturated carbocycles. The van der Waals surface area contributed by atoms with Gasteiger partial charge in [0.1, 0.15) is 6.04 Å². The molecule has 0 fully saturated rings. The van der Waals surface area contributed by atoms with Crippen LogP contribution in [0.25, 0.3) is 0 Å². The van der Waals surface area contributed by atoms with Gasteiger partial charge in [-0.25, -0.2) is 4.68 Å². The number of anilines is 2. The average molecular weight is 494 g/mol. The molecule has 184 valence electrons. The van der Waals surface area contributed by atoms with Gasteiger partial charge in [0.05, 0.1) is 18.8 Å². The zero-order valence-corrected chi connectivity index (χ0v) is 21.7. The fourth-order valence-electron chi connectivity index (χ4n) is 4.05. The highest BCUT2D eigenvalue weighted by Crippen LogP contribution is 2.40. The number of hydrogen-bond donors (Lipinski definition) is 2. The van der Waals surface area contributed by atoms with Gasteiger partial charge in [-0.2, -0.15) is 4.98 Å². The van der Waals surface area contributed by atoms with E-state index in [2.05, 4.69) is 22.5 Å². The summed E-state index contributed by atoms with van der Waals surface area (Å²) >= 11 is 1.55. The lowest BCUT2D eigenvalue weighted by Crippen LogP contribution is -2.31. The number of rotatable bonds is 8. The van der Waals surface area contributed by atoms with Gasteiger partial charge in [0.15, 0.2) is 11.5 Å². The molecule has 4 rings (SSSR count). The van der Waals surface area contributed by atoms with Crippen LogP contribution in [0.4, 0.5) is 11.6 Å². The van der Waals surface area contributed by atoms with Gasteiger partial charge in [0.25, 0.3) is 5.91 Å². The van der Waals surface area contributed by atoms with Gasteiger partial charge in [-0.15, -0.1) is 5.10 Å². The number of allylic oxidation sites excluding steroid dienone is 1. The molecule has 0 radical (unpaired) electrons. The van der Waals surface area contributed by atoms with Crippen molar-refractivity contribution in [2.45, 2.75) is 51.9 Å². The van der Waals surface area contributed by atoms with Crippen molar-refractivity contribution in [3.8, 4) is 11.5 Å². The first-order chi connectivity index (χ1) is 16.8. The van der Waals surface area contributed by atoms with E-state index in [0.29, 0.717) is 28.2 Å². The first-order valence-electron chi connectivity index (χ1n) is 11.6. The number of benzene rings is 2. The van der Waals surface area contributed by atoms with Crippen LogP contribution in [-0.4, -0.2) is 39.6 Å². The van der Waals surface area contributed by atoms with E-state index in [1.807, 2.05) is 70.2 Å². The largest absolute Gasteiger partial charge is 0.493 e. The average Bonchev–Trinajstić information content (AvgIpc) is 3.20. The van der Waals surface area contributed by atoms with Crippen molar-refractivity contribution in [3.63, 3.8) is 0 Å². The molecule has 8 nitrogen and oxygen atoms in total. The summed E-state index contributed by atoms with van der Waals surface area (Å²) in [5, 5.41) is 11.7. The number of aryl methyl sites for hydroxylation is 1. The molecule has 0 aliphatic carbocycles. The SMILES string of the molecule is CCSc1nc2n(n1)C(c1ccc(OC(C)C)c(OC)c1)C(C(=O)Nc1cccc(C)c1)=C(C)N2. The monoisotopic (exact) mass is 493 g/mol. The molecular weight excluding hydrogens is 462 g/mol. The molecule has 2 heterocycles. The van der Waals surface area contributed by atoms with E-state index >= 15 is 0 Å². The third-order valence-corrected chi connectivity index (χ3v) is 6.21. The van der Waals surface area contributed by atoms with Crippen LogP contribution in [0.5, 0.6) is 11.5 Å². The molecule has 0 saturated heterocycles. The van der Waals surface area contributed by atoms with E-state index in [0.717, 1.165) is 28.3 Å². The van der Waals surface area contributed by atoms with Crippen molar-refractivity contribution < 1.29 is 14.3 Å². The Morgan fingerprint density at radius 1 is 1.20 bits per heavy atom. The van der Waals surface area contributed by atoms with Crippen LogP contribution in [0.2, 0.25) is 0 Å². The van der Waals surface area contributed by atoms with Gasteiger partial charge < -0.3 is 20.1 Å². The highest BCUT2D eigenvalue weighted by molar-refractivity contribution is 7.99. The van der Waals surface area contributed by atoms with Crippen LogP contribution >= 0.6 is 11.8 Å². The van der Waals surface area contributed by atoms with Gasteiger partial charge in [-0.05, 0) is 68.8 Å². The Bertz CT molecular complexity index is 1270. The van der Waals surface area contributed by atoms with Crippen LogP contribution in [-0.2, 0) is 4.79 Å². The smallest absolute Gasteiger partial charge is 0.255 e. The van der Waals surface area contributed by atoms with Gasteiger partial charge >= 0.3 is 0 Å². The Labute approximate surface area is 210 Å². The molecule has 2 N–H and O–H groups in total. The van der Waals surface area contributed by atoms with E-state index in [1.165, 1.54) is 0 Å². The number of fused-ring (bicyclic) bond motifs is 1. The molecule has 1 atom stereocenters. The number of thioether (sulfide) groups is 1. The standard InChI is InChI=1S/C26H31N5O3S/c1-7-35-26-29-25-27-17(5)22(24(32)28-19-10-8-9-16(4)13-19)23(31(25)30-26)18-11-12-20(34-15(2)3)21(14-18)33-6/h8-15,23H,7H2,1-6H3,(H,28,32)(H,27,29,30). The minimum atomic E-state index is -0.503. The van der Waals surface area contributed by atoms with Crippen LogP contribution in [0.15, 0.2) is 58.9 Å². The number of nitrogens with one attached hydrogen (secondary N) is 2. The second-order valence-corrected chi connectivity index (χ2v) is 9.79. The zero-order valence-electron chi connectivity index (χ0n) is 20.9. The summed E-state index contributed by atoms with van der Waals surface area (Å²) in [4.78, 5) is 18.3. The third kappa shape index (κ3) is 5.30. The number of hydrogen-bond acceptors (Lipinski definition) is 7. The minimum absolute atomic E-state index is 0.00184. The number of carbonyl (C=O) groups excluding carboxylic acids is 1. The summed E-state index contributed by atoms with van der Waals surface area (Å²) < 4.78 is 13.3. The molecule has 1 aliphatic rings. The molecule has 0 bridgehead atoms. The second-order valence-electron chi connectivity index (χ2n) is 8.56. The molecule has 35 heavy (non-hydrogen) atoms. The van der Waals surface area contributed by atoms with Crippen molar-refractivity contribution in [1.29, 1.82) is 0 Å². The fourth-order valence-corrected chi connectivity index (χ4v) is 4.61. The number of carbonyl (C=O) groups is 1. The Morgan fingerprint density at radius 2 is 2.00 bits per heavy atom. The summed E-state index contributed by atoms with van der Waals surface area (Å²) in [5.41, 5.74) is 3.91. The summed E-state index contributed by atoms with van der Waals surface area (Å²) in [6, 6.07) is 13.0. The van der Waals surface area contributed by atoms with Gasteiger partial charge in [-0.3, -0.25) is 4.79 Å². The molecule has 1 amide bonds. The van der Waals surface area contributed by atoms with E-state index < -0.39 is 6.04 Å². The Hall–Kier alpha value is -3.46. The third-order valence-electron chi connectivity index (χ3n) is 5.49. The first-order valence-corrected chi connectivity index (χ1v) is 12.6. The normalized spacial score (nSPS) is 15.0. The molecule has 3 aromatic rings. The molecule has 0 spiro atoms. The van der Waals surface area contributed by atoms with Gasteiger partial charge in [0, 0.05) is 11.4 Å². The maximum absolute atomic E-state index is 13.7. The first kappa shape index (κ1) is 24.7. The maximum atomic E-state index is 13.7. The summed E-state index contributed by atoms with van der Waals surface area (Å²) in [7, 11) is 1.61. The lowest BCUT2D eigenvalue weighted by atomic mass is 9.94. The molecule has 9 heteroatoms. The van der Waals surface area contributed by atoms with Crippen LogP contribution in [0.3, 0.4) is 0 Å². The second kappa shape index (κ2) is 10.4. The van der Waals surface area contributed by atoms with Crippen molar-refractivity contribution in [1.82, 2.24) is 14.8 Å². The quantitative estimate of drug-likeness (QED) is 0.405. The predicted octanol–water partition coefficient (Wildman–Crippen LogP) is 5.42. The number of ether oxygens (including phenoxy) is 2. The number of aromatic nitrogens is 3.